The molecule has 1 amide bonds. The first-order valence-corrected chi connectivity index (χ1v) is 9.31. The van der Waals surface area contributed by atoms with Crippen molar-refractivity contribution in [1.29, 1.82) is 0 Å². The molecule has 0 bridgehead atoms. The van der Waals surface area contributed by atoms with Crippen LogP contribution in [0.4, 0.5) is 0 Å². The van der Waals surface area contributed by atoms with Gasteiger partial charge in [0.05, 0.1) is 0 Å². The summed E-state index contributed by atoms with van der Waals surface area (Å²) < 4.78 is 0.974. The Labute approximate surface area is 145 Å². The molecule has 0 spiro atoms. The van der Waals surface area contributed by atoms with Crippen molar-refractivity contribution in [2.75, 3.05) is 32.1 Å². The highest BCUT2D eigenvalue weighted by Gasteiger charge is 2.38. The monoisotopic (exact) mass is 385 g/mol. The van der Waals surface area contributed by atoms with E-state index < -0.39 is 5.54 Å². The predicted octanol–water partition coefficient (Wildman–Crippen LogP) is 2.18. The Balaban J connectivity index is 2.06. The third kappa shape index (κ3) is 3.67. The zero-order valence-corrected chi connectivity index (χ0v) is 15.8. The quantitative estimate of drug-likeness (QED) is 0.815. The zero-order chi connectivity index (χ0) is 16.4. The number of likely N-dealkylation sites (N-methyl/N-ethyl adjacent to an activating group) is 1. The second-order valence-electron chi connectivity index (χ2n) is 6.31. The van der Waals surface area contributed by atoms with Gasteiger partial charge < -0.3 is 16.0 Å². The number of benzene rings is 1. The second-order valence-corrected chi connectivity index (χ2v) is 8.33. The number of thioether (sulfide) groups is 1. The first-order valence-electron chi connectivity index (χ1n) is 7.36. The minimum atomic E-state index is -1.03. The fourth-order valence-electron chi connectivity index (χ4n) is 2.60. The minimum absolute atomic E-state index is 0.0378. The second kappa shape index (κ2) is 6.91. The van der Waals surface area contributed by atoms with Gasteiger partial charge in [0.15, 0.2) is 0 Å². The number of amides is 1. The normalized spacial score (nSPS) is 24.3. The summed E-state index contributed by atoms with van der Waals surface area (Å²) in [5, 5.41) is 3.07. The Morgan fingerprint density at radius 3 is 2.59 bits per heavy atom. The Hall–Kier alpha value is -0.560. The largest absolute Gasteiger partial charge is 0.352 e. The molecular weight excluding hydrogens is 362 g/mol. The maximum atomic E-state index is 12.6. The first kappa shape index (κ1) is 17.8. The fourth-order valence-corrected chi connectivity index (χ4v) is 4.42. The molecule has 0 saturated carbocycles. The number of hydrogen-bond acceptors (Lipinski definition) is 4. The van der Waals surface area contributed by atoms with E-state index in [1.54, 1.807) is 6.92 Å². The molecule has 0 radical (unpaired) electrons. The molecule has 122 valence electrons. The summed E-state index contributed by atoms with van der Waals surface area (Å²) in [7, 11) is 4.16. The van der Waals surface area contributed by atoms with E-state index in [0.717, 1.165) is 28.0 Å². The van der Waals surface area contributed by atoms with Crippen molar-refractivity contribution in [3.05, 3.63) is 34.3 Å². The van der Waals surface area contributed by atoms with Gasteiger partial charge in [0, 0.05) is 22.3 Å². The molecule has 1 aromatic rings. The predicted molar refractivity (Wildman–Crippen MR) is 97.1 cm³/mol. The van der Waals surface area contributed by atoms with Crippen molar-refractivity contribution >= 4 is 33.6 Å². The highest BCUT2D eigenvalue weighted by Crippen LogP contribution is 2.31. The molecule has 1 heterocycles. The molecule has 1 aliphatic heterocycles. The van der Waals surface area contributed by atoms with Crippen LogP contribution in [0.15, 0.2) is 28.7 Å². The molecule has 0 aliphatic carbocycles. The lowest BCUT2D eigenvalue weighted by Gasteiger charge is -2.37. The van der Waals surface area contributed by atoms with Crippen LogP contribution in [0.25, 0.3) is 0 Å². The Morgan fingerprint density at radius 1 is 1.45 bits per heavy atom. The van der Waals surface area contributed by atoms with Crippen LogP contribution in [0.3, 0.4) is 0 Å². The Bertz CT molecular complexity index is 525. The maximum Gasteiger partial charge on any atom is 0.244 e. The lowest BCUT2D eigenvalue weighted by Crippen LogP contribution is -2.57. The van der Waals surface area contributed by atoms with Crippen LogP contribution in [0.5, 0.6) is 0 Å². The summed E-state index contributed by atoms with van der Waals surface area (Å²) in [5.74, 6) is 2.05. The van der Waals surface area contributed by atoms with E-state index in [0.29, 0.717) is 6.54 Å². The van der Waals surface area contributed by atoms with Crippen LogP contribution in [0, 0.1) is 0 Å². The smallest absolute Gasteiger partial charge is 0.244 e. The third-order valence-corrected chi connectivity index (χ3v) is 6.29. The van der Waals surface area contributed by atoms with Crippen LogP contribution in [0.2, 0.25) is 0 Å². The first-order chi connectivity index (χ1) is 10.3. The summed E-state index contributed by atoms with van der Waals surface area (Å²) in [5.41, 5.74) is 6.11. The number of halogens is 1. The van der Waals surface area contributed by atoms with Crippen molar-refractivity contribution < 1.29 is 4.79 Å². The average Bonchev–Trinajstić information content (AvgIpc) is 2.95. The van der Waals surface area contributed by atoms with Gasteiger partial charge in [-0.1, -0.05) is 28.1 Å². The molecule has 6 heteroatoms. The number of carbonyl (C=O) groups is 1. The molecule has 1 fully saturated rings. The fraction of sp³-hybridized carbons (Fsp3) is 0.562. The Kier molecular flexibility index (Phi) is 5.59. The van der Waals surface area contributed by atoms with E-state index in [1.807, 2.05) is 36.0 Å². The van der Waals surface area contributed by atoms with E-state index in [4.69, 9.17) is 5.73 Å². The standard InChI is InChI=1S/C16H24BrN3OS/c1-15(18,12-4-6-13(17)7-5-12)14(21)19-10-16(20(2)3)8-9-22-11-16/h4-7H,8-11,18H2,1-3H3,(H,19,21). The maximum absolute atomic E-state index is 12.6. The van der Waals surface area contributed by atoms with E-state index in [9.17, 15) is 4.79 Å². The summed E-state index contributed by atoms with van der Waals surface area (Å²) in [6, 6.07) is 7.58. The molecule has 4 nitrogen and oxygen atoms in total. The van der Waals surface area contributed by atoms with Crippen molar-refractivity contribution in [3.8, 4) is 0 Å². The van der Waals surface area contributed by atoms with Gasteiger partial charge in [-0.3, -0.25) is 4.79 Å². The van der Waals surface area contributed by atoms with Gasteiger partial charge in [-0.2, -0.15) is 11.8 Å². The highest BCUT2D eigenvalue weighted by atomic mass is 79.9. The Morgan fingerprint density at radius 2 is 2.09 bits per heavy atom. The number of nitrogens with two attached hydrogens (primary N) is 1. The van der Waals surface area contributed by atoms with Crippen LogP contribution in [-0.4, -0.2) is 48.5 Å². The van der Waals surface area contributed by atoms with E-state index >= 15 is 0 Å². The minimum Gasteiger partial charge on any atom is -0.352 e. The average molecular weight is 386 g/mol. The summed E-state index contributed by atoms with van der Waals surface area (Å²) in [6.45, 7) is 2.40. The number of rotatable bonds is 5. The van der Waals surface area contributed by atoms with Crippen LogP contribution < -0.4 is 11.1 Å². The number of carbonyl (C=O) groups excluding carboxylic acids is 1. The van der Waals surface area contributed by atoms with Crippen molar-refractivity contribution in [2.24, 2.45) is 5.73 Å². The number of nitrogens with one attached hydrogen (secondary N) is 1. The SMILES string of the molecule is CN(C)C1(CNC(=O)C(C)(N)c2ccc(Br)cc2)CCSC1. The van der Waals surface area contributed by atoms with Gasteiger partial charge in [-0.05, 0) is 50.9 Å². The van der Waals surface area contributed by atoms with Gasteiger partial charge in [-0.15, -0.1) is 0 Å². The van der Waals surface area contributed by atoms with E-state index in [-0.39, 0.29) is 11.4 Å². The van der Waals surface area contributed by atoms with Gasteiger partial charge in [0.2, 0.25) is 5.91 Å². The van der Waals surface area contributed by atoms with Crippen LogP contribution in [0.1, 0.15) is 18.9 Å². The van der Waals surface area contributed by atoms with Crippen LogP contribution in [-0.2, 0) is 10.3 Å². The molecule has 2 unspecified atom stereocenters. The molecular formula is C16H24BrN3OS. The van der Waals surface area contributed by atoms with Gasteiger partial charge in [0.25, 0.3) is 0 Å². The molecule has 1 saturated heterocycles. The molecule has 0 aromatic heterocycles. The van der Waals surface area contributed by atoms with Crippen molar-refractivity contribution in [1.82, 2.24) is 10.2 Å². The molecule has 2 rings (SSSR count). The summed E-state index contributed by atoms with van der Waals surface area (Å²) >= 11 is 5.34. The third-order valence-electron chi connectivity index (χ3n) is 4.52. The lowest BCUT2D eigenvalue weighted by atomic mass is 9.91. The molecule has 1 aliphatic rings. The van der Waals surface area contributed by atoms with Crippen molar-refractivity contribution in [3.63, 3.8) is 0 Å². The number of nitrogens with zero attached hydrogens (tertiary/aromatic N) is 1. The topological polar surface area (TPSA) is 58.4 Å². The van der Waals surface area contributed by atoms with Gasteiger partial charge in [-0.25, -0.2) is 0 Å². The highest BCUT2D eigenvalue weighted by molar-refractivity contribution is 9.10. The van der Waals surface area contributed by atoms with Crippen LogP contribution >= 0.6 is 27.7 Å². The van der Waals surface area contributed by atoms with E-state index in [2.05, 4.69) is 40.2 Å². The molecule has 3 N–H and O–H groups in total. The molecule has 2 atom stereocenters. The summed E-state index contributed by atoms with van der Waals surface area (Å²) in [4.78, 5) is 14.8. The summed E-state index contributed by atoms with van der Waals surface area (Å²) in [6.07, 6.45) is 1.09. The zero-order valence-electron chi connectivity index (χ0n) is 13.4. The van der Waals surface area contributed by atoms with Crippen molar-refractivity contribution in [2.45, 2.75) is 24.4 Å². The molecule has 22 heavy (non-hydrogen) atoms. The van der Waals surface area contributed by atoms with Gasteiger partial charge >= 0.3 is 0 Å². The molecule has 1 aromatic carbocycles. The van der Waals surface area contributed by atoms with Gasteiger partial charge in [0.1, 0.15) is 5.54 Å². The lowest BCUT2D eigenvalue weighted by molar-refractivity contribution is -0.126. The van der Waals surface area contributed by atoms with E-state index in [1.165, 1.54) is 0 Å². The number of hydrogen-bond donors (Lipinski definition) is 2.